The van der Waals surface area contributed by atoms with E-state index in [1.807, 2.05) is 17.5 Å². The van der Waals surface area contributed by atoms with Crippen molar-refractivity contribution in [2.45, 2.75) is 0 Å². The van der Waals surface area contributed by atoms with Crippen molar-refractivity contribution in [2.75, 3.05) is 0 Å². The molecule has 2 aromatic heterocycles. The van der Waals surface area contributed by atoms with E-state index in [0.717, 1.165) is 10.4 Å². The predicted octanol–water partition coefficient (Wildman–Crippen LogP) is 2.89. The summed E-state index contributed by atoms with van der Waals surface area (Å²) in [5, 5.41) is 1.99. The van der Waals surface area contributed by atoms with Crippen molar-refractivity contribution in [3.63, 3.8) is 0 Å². The van der Waals surface area contributed by atoms with Crippen LogP contribution in [0.2, 0.25) is 0 Å². The largest absolute Gasteiger partial charge is 0.327 e. The SMILES string of the molecule is Cn1cc(-c2cccs2)cc1F. The molecule has 0 amide bonds. The Kier molecular flexibility index (Phi) is 1.73. The van der Waals surface area contributed by atoms with Crippen LogP contribution < -0.4 is 0 Å². The van der Waals surface area contributed by atoms with Gasteiger partial charge in [0.1, 0.15) is 0 Å². The maximum Gasteiger partial charge on any atom is 0.194 e. The Hall–Kier alpha value is -1.09. The Labute approximate surface area is 74.1 Å². The number of hydrogen-bond acceptors (Lipinski definition) is 1. The van der Waals surface area contributed by atoms with Crippen LogP contribution in [-0.2, 0) is 7.05 Å². The van der Waals surface area contributed by atoms with Gasteiger partial charge < -0.3 is 4.57 Å². The molecule has 0 aliphatic carbocycles. The van der Waals surface area contributed by atoms with E-state index >= 15 is 0 Å². The Morgan fingerprint density at radius 3 is 2.83 bits per heavy atom. The number of aryl methyl sites for hydroxylation is 1. The first-order valence-electron chi connectivity index (χ1n) is 3.63. The molecule has 62 valence electrons. The Morgan fingerprint density at radius 2 is 2.33 bits per heavy atom. The highest BCUT2D eigenvalue weighted by atomic mass is 32.1. The molecule has 2 heterocycles. The molecule has 0 bridgehead atoms. The van der Waals surface area contributed by atoms with Gasteiger partial charge >= 0.3 is 0 Å². The number of hydrogen-bond donors (Lipinski definition) is 0. The van der Waals surface area contributed by atoms with Gasteiger partial charge in [-0.25, -0.2) is 0 Å². The molecule has 3 heteroatoms. The average Bonchev–Trinajstić information content (AvgIpc) is 2.61. The average molecular weight is 181 g/mol. The highest BCUT2D eigenvalue weighted by Crippen LogP contribution is 2.25. The number of aromatic nitrogens is 1. The molecule has 0 unspecified atom stereocenters. The lowest BCUT2D eigenvalue weighted by Crippen LogP contribution is -1.86. The summed E-state index contributed by atoms with van der Waals surface area (Å²) in [4.78, 5) is 1.11. The van der Waals surface area contributed by atoms with Crippen molar-refractivity contribution in [3.8, 4) is 10.4 Å². The molecule has 12 heavy (non-hydrogen) atoms. The highest BCUT2D eigenvalue weighted by molar-refractivity contribution is 7.13. The van der Waals surface area contributed by atoms with Crippen LogP contribution in [0.15, 0.2) is 29.8 Å². The summed E-state index contributed by atoms with van der Waals surface area (Å²) >= 11 is 1.62. The number of thiophene rings is 1. The highest BCUT2D eigenvalue weighted by Gasteiger charge is 2.04. The predicted molar refractivity (Wildman–Crippen MR) is 48.7 cm³/mol. The third-order valence-corrected chi connectivity index (χ3v) is 2.67. The van der Waals surface area contributed by atoms with Gasteiger partial charge in [0.25, 0.3) is 0 Å². The fourth-order valence-electron chi connectivity index (χ4n) is 1.12. The minimum atomic E-state index is -0.196. The van der Waals surface area contributed by atoms with Crippen LogP contribution in [0, 0.1) is 5.95 Å². The van der Waals surface area contributed by atoms with Gasteiger partial charge in [-0.2, -0.15) is 4.39 Å². The first kappa shape index (κ1) is 7.55. The molecule has 2 aromatic rings. The fraction of sp³-hybridized carbons (Fsp3) is 0.111. The minimum Gasteiger partial charge on any atom is -0.327 e. The number of halogens is 1. The molecule has 0 saturated heterocycles. The van der Waals surface area contributed by atoms with Crippen molar-refractivity contribution in [3.05, 3.63) is 35.7 Å². The van der Waals surface area contributed by atoms with E-state index in [1.54, 1.807) is 30.6 Å². The maximum absolute atomic E-state index is 12.9. The van der Waals surface area contributed by atoms with Gasteiger partial charge in [-0.15, -0.1) is 11.3 Å². The Balaban J connectivity index is 2.48. The molecule has 2 rings (SSSR count). The van der Waals surface area contributed by atoms with E-state index in [4.69, 9.17) is 0 Å². The van der Waals surface area contributed by atoms with Crippen LogP contribution in [0.1, 0.15) is 0 Å². The quantitative estimate of drug-likeness (QED) is 0.637. The standard InChI is InChI=1S/C9H8FNS/c1-11-6-7(5-9(11)10)8-3-2-4-12-8/h2-6H,1H3. The van der Waals surface area contributed by atoms with Gasteiger partial charge in [0.05, 0.1) is 0 Å². The molecule has 0 radical (unpaired) electrons. The lowest BCUT2D eigenvalue weighted by molar-refractivity contribution is 0.535. The molecule has 0 fully saturated rings. The van der Waals surface area contributed by atoms with Crippen LogP contribution in [0.4, 0.5) is 4.39 Å². The Bertz CT molecular complexity index is 356. The molecule has 0 spiro atoms. The lowest BCUT2D eigenvalue weighted by atomic mass is 10.3. The summed E-state index contributed by atoms with van der Waals surface area (Å²) in [6.45, 7) is 0. The summed E-state index contributed by atoms with van der Waals surface area (Å²) in [5.74, 6) is -0.196. The van der Waals surface area contributed by atoms with Crippen molar-refractivity contribution >= 4 is 11.3 Å². The summed E-state index contributed by atoms with van der Waals surface area (Å²) < 4.78 is 14.4. The summed E-state index contributed by atoms with van der Waals surface area (Å²) in [7, 11) is 1.70. The van der Waals surface area contributed by atoms with Crippen LogP contribution in [0.5, 0.6) is 0 Å². The third-order valence-electron chi connectivity index (χ3n) is 1.75. The minimum absolute atomic E-state index is 0.196. The topological polar surface area (TPSA) is 4.93 Å². The van der Waals surface area contributed by atoms with Crippen molar-refractivity contribution in [1.29, 1.82) is 0 Å². The van der Waals surface area contributed by atoms with Gasteiger partial charge in [-0.1, -0.05) is 6.07 Å². The zero-order valence-electron chi connectivity index (χ0n) is 6.62. The van der Waals surface area contributed by atoms with Crippen LogP contribution in [-0.4, -0.2) is 4.57 Å². The van der Waals surface area contributed by atoms with E-state index in [1.165, 1.54) is 4.57 Å². The lowest BCUT2D eigenvalue weighted by Gasteiger charge is -1.88. The Morgan fingerprint density at radius 1 is 1.50 bits per heavy atom. The monoisotopic (exact) mass is 181 g/mol. The van der Waals surface area contributed by atoms with Crippen LogP contribution >= 0.6 is 11.3 Å². The van der Waals surface area contributed by atoms with Gasteiger partial charge in [0, 0.05) is 29.8 Å². The second-order valence-electron chi connectivity index (χ2n) is 2.64. The van der Waals surface area contributed by atoms with E-state index in [9.17, 15) is 4.39 Å². The van der Waals surface area contributed by atoms with E-state index in [-0.39, 0.29) is 5.95 Å². The zero-order chi connectivity index (χ0) is 8.55. The maximum atomic E-state index is 12.9. The molecule has 0 atom stereocenters. The van der Waals surface area contributed by atoms with Gasteiger partial charge in [-0.3, -0.25) is 0 Å². The van der Waals surface area contributed by atoms with E-state index < -0.39 is 0 Å². The molecular weight excluding hydrogens is 173 g/mol. The van der Waals surface area contributed by atoms with Crippen LogP contribution in [0.25, 0.3) is 10.4 Å². The molecule has 0 N–H and O–H groups in total. The fourth-order valence-corrected chi connectivity index (χ4v) is 1.82. The molecular formula is C9H8FNS. The number of nitrogens with zero attached hydrogens (tertiary/aromatic N) is 1. The molecule has 1 nitrogen and oxygen atoms in total. The van der Waals surface area contributed by atoms with Crippen molar-refractivity contribution < 1.29 is 4.39 Å². The first-order valence-corrected chi connectivity index (χ1v) is 4.51. The normalized spacial score (nSPS) is 10.5. The van der Waals surface area contributed by atoms with Crippen LogP contribution in [0.3, 0.4) is 0 Å². The smallest absolute Gasteiger partial charge is 0.194 e. The van der Waals surface area contributed by atoms with Gasteiger partial charge in [-0.05, 0) is 11.4 Å². The summed E-state index contributed by atoms with van der Waals surface area (Å²) in [6, 6.07) is 5.50. The van der Waals surface area contributed by atoms with Crippen molar-refractivity contribution in [2.24, 2.45) is 7.05 Å². The summed E-state index contributed by atoms with van der Waals surface area (Å²) in [6.07, 6.45) is 1.79. The first-order chi connectivity index (χ1) is 5.77. The second-order valence-corrected chi connectivity index (χ2v) is 3.59. The van der Waals surface area contributed by atoms with Crippen molar-refractivity contribution in [1.82, 2.24) is 4.57 Å². The zero-order valence-corrected chi connectivity index (χ0v) is 7.44. The van der Waals surface area contributed by atoms with E-state index in [0.29, 0.717) is 0 Å². The molecule has 0 aliphatic heterocycles. The second kappa shape index (κ2) is 2.75. The van der Waals surface area contributed by atoms with Gasteiger partial charge in [0.15, 0.2) is 5.95 Å². The summed E-state index contributed by atoms with van der Waals surface area (Å²) in [5.41, 5.74) is 0.949. The number of rotatable bonds is 1. The van der Waals surface area contributed by atoms with Gasteiger partial charge in [0.2, 0.25) is 0 Å². The van der Waals surface area contributed by atoms with E-state index in [2.05, 4.69) is 0 Å². The molecule has 0 aromatic carbocycles. The third kappa shape index (κ3) is 1.16. The molecule has 0 saturated carbocycles. The molecule has 0 aliphatic rings.